The second kappa shape index (κ2) is 11.8. The molecule has 0 aliphatic heterocycles. The molecule has 2 aromatic carbocycles. The van der Waals surface area contributed by atoms with E-state index in [-0.39, 0.29) is 11.9 Å². The van der Waals surface area contributed by atoms with Gasteiger partial charge in [0, 0.05) is 12.2 Å². The first-order valence-corrected chi connectivity index (χ1v) is 10.1. The molecular formula is C23H32N4O3. The van der Waals surface area contributed by atoms with E-state index < -0.39 is 0 Å². The predicted octanol–water partition coefficient (Wildman–Crippen LogP) is 3.19. The van der Waals surface area contributed by atoms with E-state index in [0.29, 0.717) is 37.8 Å². The first-order chi connectivity index (χ1) is 14.3. The van der Waals surface area contributed by atoms with Gasteiger partial charge in [-0.15, -0.1) is 0 Å². The highest BCUT2D eigenvalue weighted by Crippen LogP contribution is 2.25. The summed E-state index contributed by atoms with van der Waals surface area (Å²) in [6.45, 7) is 5.71. The zero-order valence-electron chi connectivity index (χ0n) is 18.2. The zero-order valence-corrected chi connectivity index (χ0v) is 18.2. The van der Waals surface area contributed by atoms with Crippen molar-refractivity contribution in [1.29, 1.82) is 0 Å². The van der Waals surface area contributed by atoms with Crippen LogP contribution in [-0.2, 0) is 11.3 Å². The molecule has 0 spiro atoms. The van der Waals surface area contributed by atoms with E-state index >= 15 is 0 Å². The third-order valence-electron chi connectivity index (χ3n) is 4.31. The number of para-hydroxylation sites is 1. The maximum atomic E-state index is 12.0. The van der Waals surface area contributed by atoms with Crippen LogP contribution in [-0.4, -0.2) is 50.6 Å². The summed E-state index contributed by atoms with van der Waals surface area (Å²) in [5.41, 5.74) is 2.76. The van der Waals surface area contributed by atoms with Crippen molar-refractivity contribution >= 4 is 17.6 Å². The molecule has 2 aromatic rings. The van der Waals surface area contributed by atoms with Crippen LogP contribution in [0, 0.1) is 0 Å². The summed E-state index contributed by atoms with van der Waals surface area (Å²) in [5, 5.41) is 8.45. The zero-order chi connectivity index (χ0) is 21.9. The minimum Gasteiger partial charge on any atom is -0.491 e. The summed E-state index contributed by atoms with van der Waals surface area (Å²) in [6, 6.07) is 15.1. The van der Waals surface area contributed by atoms with Gasteiger partial charge in [0.15, 0.2) is 0 Å². The minimum absolute atomic E-state index is 0.0816. The fourth-order valence-corrected chi connectivity index (χ4v) is 2.91. The van der Waals surface area contributed by atoms with Crippen LogP contribution in [0.25, 0.3) is 0 Å². The third kappa shape index (κ3) is 8.13. The molecule has 0 saturated heterocycles. The fraction of sp³-hybridized carbons (Fsp3) is 0.391. The van der Waals surface area contributed by atoms with E-state index in [1.54, 1.807) is 4.90 Å². The molecule has 7 heteroatoms. The Kier molecular flexibility index (Phi) is 9.15. The number of nitrogens with one attached hydrogen (secondary N) is 3. The number of carbonyl (C=O) groups is 2. The van der Waals surface area contributed by atoms with Crippen LogP contribution in [0.4, 0.5) is 10.5 Å². The van der Waals surface area contributed by atoms with Crippen LogP contribution in [0.2, 0.25) is 0 Å². The van der Waals surface area contributed by atoms with Crippen molar-refractivity contribution < 1.29 is 14.3 Å². The predicted molar refractivity (Wildman–Crippen MR) is 120 cm³/mol. The third-order valence-corrected chi connectivity index (χ3v) is 4.31. The normalized spacial score (nSPS) is 10.7. The monoisotopic (exact) mass is 412 g/mol. The lowest BCUT2D eigenvalue weighted by Gasteiger charge is -2.14. The average Bonchev–Trinajstić information content (AvgIpc) is 2.69. The van der Waals surface area contributed by atoms with E-state index in [1.165, 1.54) is 0 Å². The fourth-order valence-electron chi connectivity index (χ4n) is 2.91. The number of rotatable bonds is 10. The van der Waals surface area contributed by atoms with Gasteiger partial charge in [-0.05, 0) is 49.3 Å². The van der Waals surface area contributed by atoms with Crippen molar-refractivity contribution in [3.63, 3.8) is 0 Å². The van der Waals surface area contributed by atoms with Gasteiger partial charge in [-0.3, -0.25) is 4.79 Å². The Bertz CT molecular complexity index is 837. The smallest absolute Gasteiger partial charge is 0.315 e. The molecule has 30 heavy (non-hydrogen) atoms. The van der Waals surface area contributed by atoms with Gasteiger partial charge in [0.1, 0.15) is 12.4 Å². The molecule has 0 bridgehead atoms. The molecular weight excluding hydrogens is 380 g/mol. The summed E-state index contributed by atoms with van der Waals surface area (Å²) >= 11 is 0. The van der Waals surface area contributed by atoms with E-state index in [9.17, 15) is 9.59 Å². The summed E-state index contributed by atoms with van der Waals surface area (Å²) in [6.07, 6.45) is 0. The quantitative estimate of drug-likeness (QED) is 0.524. The molecule has 2 rings (SSSR count). The summed E-state index contributed by atoms with van der Waals surface area (Å²) < 4.78 is 5.81. The Morgan fingerprint density at radius 2 is 1.80 bits per heavy atom. The highest BCUT2D eigenvalue weighted by atomic mass is 16.5. The van der Waals surface area contributed by atoms with Crippen molar-refractivity contribution in [1.82, 2.24) is 15.5 Å². The number of benzene rings is 2. The Labute approximate surface area is 178 Å². The van der Waals surface area contributed by atoms with Crippen LogP contribution in [0.3, 0.4) is 0 Å². The summed E-state index contributed by atoms with van der Waals surface area (Å²) in [7, 11) is 3.68. The minimum atomic E-state index is -0.266. The first-order valence-electron chi connectivity index (χ1n) is 10.1. The number of carbonyl (C=O) groups excluding carboxylic acids is 2. The van der Waals surface area contributed by atoms with Crippen molar-refractivity contribution in [3.05, 3.63) is 59.7 Å². The van der Waals surface area contributed by atoms with Crippen molar-refractivity contribution in [2.24, 2.45) is 0 Å². The van der Waals surface area contributed by atoms with Crippen molar-refractivity contribution in [2.75, 3.05) is 39.1 Å². The van der Waals surface area contributed by atoms with E-state index in [1.807, 2.05) is 56.6 Å². The van der Waals surface area contributed by atoms with Gasteiger partial charge in [0.2, 0.25) is 5.91 Å². The number of anilines is 1. The Morgan fingerprint density at radius 1 is 1.03 bits per heavy atom. The maximum absolute atomic E-state index is 12.0. The number of amides is 3. The highest BCUT2D eigenvalue weighted by Gasteiger charge is 2.07. The number of ether oxygens (including phenoxy) is 1. The number of likely N-dealkylation sites (N-methyl/N-ethyl adjacent to an activating group) is 1. The second-order valence-electron chi connectivity index (χ2n) is 7.64. The topological polar surface area (TPSA) is 82.7 Å². The van der Waals surface area contributed by atoms with E-state index in [0.717, 1.165) is 16.9 Å². The number of urea groups is 1. The SMILES string of the molecule is CC(C)c1ccccc1OCCNC(=O)NCc1cccc(NC(=O)CN(C)C)c1. The highest BCUT2D eigenvalue weighted by molar-refractivity contribution is 5.92. The average molecular weight is 413 g/mol. The molecule has 7 nitrogen and oxygen atoms in total. The first kappa shape index (κ1) is 23.2. The van der Waals surface area contributed by atoms with E-state index in [4.69, 9.17) is 4.74 Å². The van der Waals surface area contributed by atoms with Gasteiger partial charge >= 0.3 is 6.03 Å². The van der Waals surface area contributed by atoms with Crippen LogP contribution in [0.15, 0.2) is 48.5 Å². The molecule has 0 heterocycles. The van der Waals surface area contributed by atoms with Gasteiger partial charge in [-0.1, -0.05) is 44.2 Å². The summed E-state index contributed by atoms with van der Waals surface area (Å²) in [5.74, 6) is 1.14. The molecule has 3 amide bonds. The number of hydrogen-bond acceptors (Lipinski definition) is 4. The van der Waals surface area contributed by atoms with Crippen LogP contribution in [0.1, 0.15) is 30.9 Å². The second-order valence-corrected chi connectivity index (χ2v) is 7.64. The molecule has 0 unspecified atom stereocenters. The lowest BCUT2D eigenvalue weighted by atomic mass is 10.0. The van der Waals surface area contributed by atoms with Crippen LogP contribution < -0.4 is 20.7 Å². The molecule has 0 radical (unpaired) electrons. The Balaban J connectivity index is 1.72. The molecule has 0 aliphatic rings. The van der Waals surface area contributed by atoms with E-state index in [2.05, 4.69) is 35.9 Å². The molecule has 3 N–H and O–H groups in total. The van der Waals surface area contributed by atoms with Crippen molar-refractivity contribution in [2.45, 2.75) is 26.3 Å². The standard InChI is InChI=1S/C23H32N4O3/c1-17(2)20-10-5-6-11-21(20)30-13-12-24-23(29)25-15-18-8-7-9-19(14-18)26-22(28)16-27(3)4/h5-11,14,17H,12-13,15-16H2,1-4H3,(H,26,28)(H2,24,25,29). The molecule has 0 aliphatic carbocycles. The number of nitrogens with zero attached hydrogens (tertiary/aromatic N) is 1. The number of hydrogen-bond donors (Lipinski definition) is 3. The van der Waals surface area contributed by atoms with Gasteiger partial charge < -0.3 is 25.6 Å². The molecule has 0 atom stereocenters. The maximum Gasteiger partial charge on any atom is 0.315 e. The van der Waals surface area contributed by atoms with Gasteiger partial charge in [-0.25, -0.2) is 4.79 Å². The lowest BCUT2D eigenvalue weighted by molar-refractivity contribution is -0.116. The Morgan fingerprint density at radius 3 is 2.53 bits per heavy atom. The van der Waals surface area contributed by atoms with Crippen molar-refractivity contribution in [3.8, 4) is 5.75 Å². The van der Waals surface area contributed by atoms with Crippen LogP contribution in [0.5, 0.6) is 5.75 Å². The Hall–Kier alpha value is -3.06. The lowest BCUT2D eigenvalue weighted by Crippen LogP contribution is -2.37. The van der Waals surface area contributed by atoms with Gasteiger partial charge in [0.25, 0.3) is 0 Å². The van der Waals surface area contributed by atoms with Crippen LogP contribution >= 0.6 is 0 Å². The molecule has 162 valence electrons. The molecule has 0 fully saturated rings. The molecule has 0 saturated carbocycles. The largest absolute Gasteiger partial charge is 0.491 e. The van der Waals surface area contributed by atoms with Gasteiger partial charge in [-0.2, -0.15) is 0 Å². The molecule has 0 aromatic heterocycles. The van der Waals surface area contributed by atoms with Gasteiger partial charge in [0.05, 0.1) is 13.1 Å². The summed E-state index contributed by atoms with van der Waals surface area (Å²) in [4.78, 5) is 25.7.